The highest BCUT2D eigenvalue weighted by Crippen LogP contribution is 2.25. The van der Waals surface area contributed by atoms with Crippen LogP contribution >= 0.6 is 27.5 Å². The van der Waals surface area contributed by atoms with E-state index in [9.17, 15) is 4.79 Å². The van der Waals surface area contributed by atoms with Crippen LogP contribution in [-0.4, -0.2) is 16.1 Å². The molecule has 100 valence electrons. The van der Waals surface area contributed by atoms with E-state index in [1.807, 2.05) is 35.1 Å². The smallest absolute Gasteiger partial charge is 0.150 e. The summed E-state index contributed by atoms with van der Waals surface area (Å²) in [6.07, 6.45) is 2.61. The Balaban J connectivity index is 2.01. The second-order valence-corrected chi connectivity index (χ2v) is 5.71. The summed E-state index contributed by atoms with van der Waals surface area (Å²) in [5, 5.41) is 6.03. The number of hydrogen-bond donors (Lipinski definition) is 0. The predicted molar refractivity (Wildman–Crippen MR) is 83.4 cm³/mol. The van der Waals surface area contributed by atoms with Gasteiger partial charge in [0.25, 0.3) is 0 Å². The van der Waals surface area contributed by atoms with Gasteiger partial charge in [-0.25, -0.2) is 0 Å². The number of carbonyl (C=O) groups excluding carboxylic acids is 1. The second kappa shape index (κ2) is 5.38. The van der Waals surface area contributed by atoms with Crippen LogP contribution in [0.15, 0.2) is 47.1 Å². The first-order valence-corrected chi connectivity index (χ1v) is 7.20. The van der Waals surface area contributed by atoms with Gasteiger partial charge in [0.05, 0.1) is 18.3 Å². The molecule has 0 saturated carbocycles. The molecule has 0 N–H and O–H groups in total. The zero-order valence-corrected chi connectivity index (χ0v) is 12.7. The lowest BCUT2D eigenvalue weighted by Gasteiger charge is -2.07. The molecule has 0 bridgehead atoms. The Morgan fingerprint density at radius 1 is 1.30 bits per heavy atom. The first-order chi connectivity index (χ1) is 9.69. The molecular formula is C15H10BrClN2O. The minimum Gasteiger partial charge on any atom is -0.298 e. The van der Waals surface area contributed by atoms with Crippen LogP contribution in [0.3, 0.4) is 0 Å². The monoisotopic (exact) mass is 348 g/mol. The molecule has 3 rings (SSSR count). The molecule has 0 fully saturated rings. The van der Waals surface area contributed by atoms with Gasteiger partial charge in [0, 0.05) is 20.4 Å². The molecule has 0 aliphatic heterocycles. The number of benzene rings is 2. The van der Waals surface area contributed by atoms with Crippen molar-refractivity contribution in [3.05, 3.63) is 63.2 Å². The lowest BCUT2D eigenvalue weighted by Crippen LogP contribution is -2.02. The fraction of sp³-hybridized carbons (Fsp3) is 0.0667. The van der Waals surface area contributed by atoms with Gasteiger partial charge in [0.1, 0.15) is 6.29 Å². The summed E-state index contributed by atoms with van der Waals surface area (Å²) < 4.78 is 2.91. The number of hydrogen-bond acceptors (Lipinski definition) is 2. The van der Waals surface area contributed by atoms with E-state index in [0.717, 1.165) is 27.2 Å². The molecule has 0 spiro atoms. The van der Waals surface area contributed by atoms with Crippen LogP contribution in [0.1, 0.15) is 15.9 Å². The summed E-state index contributed by atoms with van der Waals surface area (Å²) in [5.41, 5.74) is 2.55. The maximum atomic E-state index is 10.7. The summed E-state index contributed by atoms with van der Waals surface area (Å²) in [5.74, 6) is 0. The zero-order valence-electron chi connectivity index (χ0n) is 10.4. The average Bonchev–Trinajstić information content (AvgIpc) is 2.86. The maximum absolute atomic E-state index is 10.7. The Morgan fingerprint density at radius 3 is 2.90 bits per heavy atom. The zero-order chi connectivity index (χ0) is 14.1. The standard InChI is InChI=1S/C15H10BrClN2O/c16-13-2-1-3-15-12(13)7-18-19(15)8-11-5-4-10(9-20)6-14(11)17/h1-7,9H,8H2. The fourth-order valence-electron chi connectivity index (χ4n) is 2.12. The van der Waals surface area contributed by atoms with Gasteiger partial charge in [-0.05, 0) is 23.8 Å². The van der Waals surface area contributed by atoms with Gasteiger partial charge < -0.3 is 0 Å². The normalized spacial score (nSPS) is 10.9. The number of carbonyl (C=O) groups is 1. The topological polar surface area (TPSA) is 34.9 Å². The van der Waals surface area contributed by atoms with Crippen molar-refractivity contribution in [1.29, 1.82) is 0 Å². The lowest BCUT2D eigenvalue weighted by molar-refractivity contribution is 0.112. The van der Waals surface area contributed by atoms with Crippen molar-refractivity contribution in [3.8, 4) is 0 Å². The summed E-state index contributed by atoms with van der Waals surface area (Å²) in [6.45, 7) is 0.567. The fourth-order valence-corrected chi connectivity index (χ4v) is 2.83. The molecule has 0 radical (unpaired) electrons. The largest absolute Gasteiger partial charge is 0.298 e. The molecule has 3 nitrogen and oxygen atoms in total. The van der Waals surface area contributed by atoms with E-state index in [0.29, 0.717) is 17.1 Å². The van der Waals surface area contributed by atoms with Gasteiger partial charge in [-0.15, -0.1) is 0 Å². The molecule has 0 aliphatic rings. The highest BCUT2D eigenvalue weighted by molar-refractivity contribution is 9.10. The summed E-state index contributed by atoms with van der Waals surface area (Å²) in [4.78, 5) is 10.7. The number of rotatable bonds is 3. The molecule has 0 saturated heterocycles. The molecule has 0 aliphatic carbocycles. The third-order valence-corrected chi connectivity index (χ3v) is 4.21. The van der Waals surface area contributed by atoms with Crippen LogP contribution in [0, 0.1) is 0 Å². The van der Waals surface area contributed by atoms with E-state index >= 15 is 0 Å². The van der Waals surface area contributed by atoms with Crippen LogP contribution in [0.4, 0.5) is 0 Å². The van der Waals surface area contributed by atoms with Crippen LogP contribution in [0.25, 0.3) is 10.9 Å². The van der Waals surface area contributed by atoms with Crippen molar-refractivity contribution < 1.29 is 4.79 Å². The quantitative estimate of drug-likeness (QED) is 0.660. The Hall–Kier alpha value is -1.65. The van der Waals surface area contributed by atoms with E-state index in [-0.39, 0.29) is 0 Å². The van der Waals surface area contributed by atoms with Crippen LogP contribution < -0.4 is 0 Å². The SMILES string of the molecule is O=Cc1ccc(Cn2ncc3c(Br)cccc32)c(Cl)c1. The van der Waals surface area contributed by atoms with Crippen LogP contribution in [-0.2, 0) is 6.54 Å². The molecule has 1 aromatic heterocycles. The van der Waals surface area contributed by atoms with E-state index in [1.54, 1.807) is 12.1 Å². The molecule has 20 heavy (non-hydrogen) atoms. The van der Waals surface area contributed by atoms with E-state index in [2.05, 4.69) is 21.0 Å². The van der Waals surface area contributed by atoms with Crippen molar-refractivity contribution in [2.75, 3.05) is 0 Å². The Bertz CT molecular complexity index is 798. The van der Waals surface area contributed by atoms with Crippen molar-refractivity contribution in [2.24, 2.45) is 0 Å². The molecule has 2 aromatic carbocycles. The minimum atomic E-state index is 0.567. The average molecular weight is 350 g/mol. The van der Waals surface area contributed by atoms with Crippen molar-refractivity contribution >= 4 is 44.7 Å². The summed E-state index contributed by atoms with van der Waals surface area (Å²) in [7, 11) is 0. The number of aldehydes is 1. The minimum absolute atomic E-state index is 0.567. The number of halogens is 2. The summed E-state index contributed by atoms with van der Waals surface area (Å²) >= 11 is 9.71. The summed E-state index contributed by atoms with van der Waals surface area (Å²) in [6, 6.07) is 11.3. The van der Waals surface area contributed by atoms with Crippen molar-refractivity contribution in [1.82, 2.24) is 9.78 Å². The molecular weight excluding hydrogens is 340 g/mol. The van der Waals surface area contributed by atoms with Crippen LogP contribution in [0.2, 0.25) is 5.02 Å². The van der Waals surface area contributed by atoms with Crippen LogP contribution in [0.5, 0.6) is 0 Å². The molecule has 0 unspecified atom stereocenters. The van der Waals surface area contributed by atoms with Gasteiger partial charge in [-0.3, -0.25) is 9.48 Å². The van der Waals surface area contributed by atoms with Gasteiger partial charge in [-0.2, -0.15) is 5.10 Å². The molecule has 1 heterocycles. The van der Waals surface area contributed by atoms with Crippen molar-refractivity contribution in [3.63, 3.8) is 0 Å². The lowest BCUT2D eigenvalue weighted by atomic mass is 10.1. The third kappa shape index (κ3) is 2.37. The van der Waals surface area contributed by atoms with Crippen molar-refractivity contribution in [2.45, 2.75) is 6.54 Å². The Labute approximate surface area is 129 Å². The Morgan fingerprint density at radius 2 is 2.15 bits per heavy atom. The number of aromatic nitrogens is 2. The molecule has 5 heteroatoms. The molecule has 0 amide bonds. The Kier molecular flexibility index (Phi) is 3.59. The second-order valence-electron chi connectivity index (χ2n) is 4.44. The van der Waals surface area contributed by atoms with Gasteiger partial charge >= 0.3 is 0 Å². The predicted octanol–water partition coefficient (Wildman–Crippen LogP) is 4.31. The third-order valence-electron chi connectivity index (χ3n) is 3.17. The van der Waals surface area contributed by atoms with E-state index in [4.69, 9.17) is 11.6 Å². The molecule has 3 aromatic rings. The highest BCUT2D eigenvalue weighted by atomic mass is 79.9. The first kappa shape index (κ1) is 13.3. The van der Waals surface area contributed by atoms with E-state index in [1.165, 1.54) is 0 Å². The number of nitrogens with zero attached hydrogens (tertiary/aromatic N) is 2. The van der Waals surface area contributed by atoms with Gasteiger partial charge in [0.15, 0.2) is 0 Å². The highest BCUT2D eigenvalue weighted by Gasteiger charge is 2.08. The number of fused-ring (bicyclic) bond motifs is 1. The maximum Gasteiger partial charge on any atom is 0.150 e. The van der Waals surface area contributed by atoms with Gasteiger partial charge in [0.2, 0.25) is 0 Å². The molecule has 0 atom stereocenters. The van der Waals surface area contributed by atoms with E-state index < -0.39 is 0 Å². The first-order valence-electron chi connectivity index (χ1n) is 6.02. The van der Waals surface area contributed by atoms with Gasteiger partial charge in [-0.1, -0.05) is 45.7 Å².